The van der Waals surface area contributed by atoms with Gasteiger partial charge in [0.05, 0.1) is 6.54 Å². The molecule has 31 heavy (non-hydrogen) atoms. The summed E-state index contributed by atoms with van der Waals surface area (Å²) >= 11 is 0. The molecule has 5 heteroatoms. The van der Waals surface area contributed by atoms with Crippen LogP contribution in [0.5, 0.6) is 0 Å². The zero-order valence-electron chi connectivity index (χ0n) is 17.4. The van der Waals surface area contributed by atoms with Crippen molar-refractivity contribution < 1.29 is 9.59 Å². The Balaban J connectivity index is 1.40. The molecule has 0 radical (unpaired) electrons. The van der Waals surface area contributed by atoms with Gasteiger partial charge in [-0.1, -0.05) is 54.6 Å². The van der Waals surface area contributed by atoms with Crippen molar-refractivity contribution in [2.45, 2.75) is 0 Å². The summed E-state index contributed by atoms with van der Waals surface area (Å²) in [7, 11) is 0. The molecule has 156 valence electrons. The van der Waals surface area contributed by atoms with Gasteiger partial charge in [-0.25, -0.2) is 0 Å². The van der Waals surface area contributed by atoms with E-state index in [1.807, 2.05) is 60.7 Å². The Kier molecular flexibility index (Phi) is 5.14. The molecule has 3 aromatic carbocycles. The second kappa shape index (κ2) is 8.10. The molecule has 2 aliphatic rings. The zero-order valence-corrected chi connectivity index (χ0v) is 17.4. The number of amides is 1. The lowest BCUT2D eigenvalue weighted by Gasteiger charge is -2.33. The van der Waals surface area contributed by atoms with Gasteiger partial charge in [0.2, 0.25) is 5.91 Å². The smallest absolute Gasteiger partial charge is 0.238 e. The van der Waals surface area contributed by atoms with Crippen LogP contribution in [0.1, 0.15) is 15.9 Å². The molecule has 3 aromatic rings. The molecule has 0 aromatic heterocycles. The first-order valence-electron chi connectivity index (χ1n) is 10.7. The van der Waals surface area contributed by atoms with Crippen molar-refractivity contribution in [3.05, 3.63) is 78.4 Å². The van der Waals surface area contributed by atoms with Crippen LogP contribution < -0.4 is 5.32 Å². The zero-order chi connectivity index (χ0) is 21.4. The van der Waals surface area contributed by atoms with Gasteiger partial charge in [0.1, 0.15) is 0 Å². The molecule has 1 aliphatic carbocycles. The van der Waals surface area contributed by atoms with Crippen molar-refractivity contribution in [2.75, 3.05) is 44.6 Å². The Morgan fingerprint density at radius 3 is 2.35 bits per heavy atom. The summed E-state index contributed by atoms with van der Waals surface area (Å²) in [5.74, 6) is 0.00924. The van der Waals surface area contributed by atoms with E-state index in [0.29, 0.717) is 12.1 Å². The molecule has 0 saturated carbocycles. The van der Waals surface area contributed by atoms with E-state index in [1.165, 1.54) is 0 Å². The summed E-state index contributed by atoms with van der Waals surface area (Å²) in [5.41, 5.74) is 4.17. The van der Waals surface area contributed by atoms with Crippen LogP contribution in [-0.4, -0.2) is 60.8 Å². The first-order valence-corrected chi connectivity index (χ1v) is 10.7. The van der Waals surface area contributed by atoms with Gasteiger partial charge < -0.3 is 5.32 Å². The molecule has 0 unspecified atom stereocenters. The summed E-state index contributed by atoms with van der Waals surface area (Å²) in [6, 6.07) is 17.4. The topological polar surface area (TPSA) is 52.6 Å². The lowest BCUT2D eigenvalue weighted by atomic mass is 9.82. The third kappa shape index (κ3) is 3.56. The standard InChI is InChI=1S/C26H25N3O2/c1-2-12-28-13-15-29(16-14-28)17-24(30)27-23-11-10-19-18-6-3-4-7-20(18)26(31)22-9-5-8-21(23)25(19)22/h2-11H,1,12-17H2,(H,27,30). The van der Waals surface area contributed by atoms with E-state index in [9.17, 15) is 9.59 Å². The van der Waals surface area contributed by atoms with Crippen LogP contribution in [0.25, 0.3) is 21.9 Å². The maximum Gasteiger partial charge on any atom is 0.238 e. The number of ketones is 1. The highest BCUT2D eigenvalue weighted by atomic mass is 16.2. The minimum atomic E-state index is -0.0274. The van der Waals surface area contributed by atoms with Crippen molar-refractivity contribution in [3.63, 3.8) is 0 Å². The van der Waals surface area contributed by atoms with E-state index in [4.69, 9.17) is 0 Å². The predicted octanol–water partition coefficient (Wildman–Crippen LogP) is 3.79. The normalized spacial score (nSPS) is 16.2. The summed E-state index contributed by atoms with van der Waals surface area (Å²) in [6.07, 6.45) is 1.92. The number of nitrogens with one attached hydrogen (secondary N) is 1. The number of hydrogen-bond donors (Lipinski definition) is 1. The lowest BCUT2D eigenvalue weighted by Crippen LogP contribution is -2.48. The molecular weight excluding hydrogens is 386 g/mol. The molecule has 1 N–H and O–H groups in total. The largest absolute Gasteiger partial charge is 0.324 e. The van der Waals surface area contributed by atoms with Crippen LogP contribution in [0, 0.1) is 0 Å². The number of benzene rings is 3. The lowest BCUT2D eigenvalue weighted by molar-refractivity contribution is -0.117. The van der Waals surface area contributed by atoms with Crippen molar-refractivity contribution >= 4 is 28.2 Å². The quantitative estimate of drug-likeness (QED) is 0.508. The third-order valence-electron chi connectivity index (χ3n) is 6.24. The molecule has 1 amide bonds. The number of piperazine rings is 1. The minimum absolute atomic E-state index is 0.0274. The van der Waals surface area contributed by atoms with Crippen LogP contribution in [0.4, 0.5) is 5.69 Å². The van der Waals surface area contributed by atoms with Gasteiger partial charge in [0.25, 0.3) is 0 Å². The van der Waals surface area contributed by atoms with Gasteiger partial charge in [-0.2, -0.15) is 0 Å². The van der Waals surface area contributed by atoms with E-state index in [1.54, 1.807) is 0 Å². The molecule has 0 spiro atoms. The number of carbonyl (C=O) groups is 2. The molecular formula is C26H25N3O2. The fraction of sp³-hybridized carbons (Fsp3) is 0.231. The Morgan fingerprint density at radius 2 is 1.58 bits per heavy atom. The number of fused-ring (bicyclic) bond motifs is 2. The van der Waals surface area contributed by atoms with Crippen LogP contribution in [0.15, 0.2) is 67.3 Å². The minimum Gasteiger partial charge on any atom is -0.324 e. The monoisotopic (exact) mass is 411 g/mol. The Hall–Kier alpha value is -3.28. The molecule has 0 atom stereocenters. The summed E-state index contributed by atoms with van der Waals surface area (Å²) in [6.45, 7) is 8.69. The maximum absolute atomic E-state index is 13.1. The average Bonchev–Trinajstić information content (AvgIpc) is 2.79. The fourth-order valence-corrected chi connectivity index (χ4v) is 4.70. The number of nitrogens with zero attached hydrogens (tertiary/aromatic N) is 2. The summed E-state index contributed by atoms with van der Waals surface area (Å²) in [4.78, 5) is 30.4. The predicted molar refractivity (Wildman–Crippen MR) is 125 cm³/mol. The third-order valence-corrected chi connectivity index (χ3v) is 6.24. The van der Waals surface area contributed by atoms with E-state index < -0.39 is 0 Å². The Labute approximate surface area is 182 Å². The second-order valence-corrected chi connectivity index (χ2v) is 8.18. The average molecular weight is 412 g/mol. The molecule has 1 saturated heterocycles. The van der Waals surface area contributed by atoms with Gasteiger partial charge in [-0.3, -0.25) is 19.4 Å². The van der Waals surface area contributed by atoms with Gasteiger partial charge >= 0.3 is 0 Å². The maximum atomic E-state index is 13.1. The Bertz CT molecular complexity index is 1190. The first kappa shape index (κ1) is 19.7. The number of anilines is 1. The van der Waals surface area contributed by atoms with Crippen LogP contribution in [-0.2, 0) is 4.79 Å². The molecule has 1 aliphatic heterocycles. The molecule has 1 fully saturated rings. The molecule has 1 heterocycles. The molecule has 0 bridgehead atoms. The highest BCUT2D eigenvalue weighted by Gasteiger charge is 2.26. The fourth-order valence-electron chi connectivity index (χ4n) is 4.70. The highest BCUT2D eigenvalue weighted by Crippen LogP contribution is 2.41. The van der Waals surface area contributed by atoms with E-state index in [2.05, 4.69) is 21.7 Å². The second-order valence-electron chi connectivity index (χ2n) is 8.18. The van der Waals surface area contributed by atoms with Crippen molar-refractivity contribution in [1.82, 2.24) is 9.80 Å². The van der Waals surface area contributed by atoms with Crippen molar-refractivity contribution in [1.29, 1.82) is 0 Å². The van der Waals surface area contributed by atoms with Crippen LogP contribution in [0.3, 0.4) is 0 Å². The van der Waals surface area contributed by atoms with Gasteiger partial charge in [-0.05, 0) is 17.2 Å². The molecule has 5 rings (SSSR count). The van der Waals surface area contributed by atoms with E-state index >= 15 is 0 Å². The Morgan fingerprint density at radius 1 is 0.871 bits per heavy atom. The summed E-state index contributed by atoms with van der Waals surface area (Å²) < 4.78 is 0. The highest BCUT2D eigenvalue weighted by molar-refractivity contribution is 6.27. The van der Waals surface area contributed by atoms with Crippen LogP contribution >= 0.6 is 0 Å². The number of carbonyl (C=O) groups excluding carboxylic acids is 2. The van der Waals surface area contributed by atoms with Gasteiger partial charge in [0.15, 0.2) is 5.78 Å². The number of hydrogen-bond acceptors (Lipinski definition) is 4. The van der Waals surface area contributed by atoms with Crippen molar-refractivity contribution in [3.8, 4) is 11.1 Å². The first-order chi connectivity index (χ1) is 15.2. The van der Waals surface area contributed by atoms with Gasteiger partial charge in [-0.15, -0.1) is 6.58 Å². The van der Waals surface area contributed by atoms with Crippen LogP contribution in [0.2, 0.25) is 0 Å². The SMILES string of the molecule is C=CCN1CCN(CC(=O)Nc2ccc3c4c(cccc24)C(=O)c2ccccc2-3)CC1. The number of rotatable bonds is 5. The summed E-state index contributed by atoms with van der Waals surface area (Å²) in [5, 5.41) is 4.91. The van der Waals surface area contributed by atoms with Gasteiger partial charge in [0, 0.05) is 60.3 Å². The molecule has 5 nitrogen and oxygen atoms in total. The van der Waals surface area contributed by atoms with E-state index in [0.717, 1.165) is 65.9 Å². The van der Waals surface area contributed by atoms with Crippen molar-refractivity contribution in [2.24, 2.45) is 0 Å². The van der Waals surface area contributed by atoms with E-state index in [-0.39, 0.29) is 11.7 Å².